The molecule has 42 heavy (non-hydrogen) atoms. The first kappa shape index (κ1) is 32.2. The number of aliphatic imine (C=N–C) groups is 4. The standard InChI is InChI=1S/C28H36Cl2N12/c29-21-5-9-23(10-6-21)37-25(33)39-27(35)41(15-13-31)17-19-1-2-20(4-3-19)18-42(16-14-32)28(36)40-26(34)38-24-11-7-22(30)8-12-24/h1-12H,13-18,31-32H2,(H4,33,35,37,39)(H4,34,36,38,40). The first-order valence-electron chi connectivity index (χ1n) is 13.0. The summed E-state index contributed by atoms with van der Waals surface area (Å²) in [6, 6.07) is 21.8. The van der Waals surface area contributed by atoms with Gasteiger partial charge in [-0.25, -0.2) is 9.98 Å². The number of halogens is 2. The van der Waals surface area contributed by atoms with Gasteiger partial charge in [-0.15, -0.1) is 0 Å². The molecule has 12 N–H and O–H groups in total. The van der Waals surface area contributed by atoms with E-state index in [1.54, 1.807) is 48.5 Å². The Morgan fingerprint density at radius 1 is 0.548 bits per heavy atom. The Morgan fingerprint density at radius 2 is 0.881 bits per heavy atom. The fourth-order valence-corrected chi connectivity index (χ4v) is 4.03. The Kier molecular flexibility index (Phi) is 12.4. The highest BCUT2D eigenvalue weighted by atomic mass is 35.5. The summed E-state index contributed by atoms with van der Waals surface area (Å²) < 4.78 is 0. The maximum Gasteiger partial charge on any atom is 0.223 e. The fourth-order valence-electron chi connectivity index (χ4n) is 3.77. The van der Waals surface area contributed by atoms with Gasteiger partial charge >= 0.3 is 0 Å². The summed E-state index contributed by atoms with van der Waals surface area (Å²) in [6.07, 6.45) is 0. The molecule has 0 fully saturated rings. The minimum absolute atomic E-state index is 0.0188. The molecule has 3 aromatic rings. The summed E-state index contributed by atoms with van der Waals surface area (Å²) in [5, 5.41) is 1.20. The highest BCUT2D eigenvalue weighted by Gasteiger charge is 2.12. The smallest absolute Gasteiger partial charge is 0.223 e. The van der Waals surface area contributed by atoms with Gasteiger partial charge in [0.25, 0.3) is 0 Å². The zero-order valence-electron chi connectivity index (χ0n) is 23.1. The number of nitrogens with two attached hydrogens (primary N) is 6. The predicted molar refractivity (Wildman–Crippen MR) is 174 cm³/mol. The molecule has 0 amide bonds. The third-order valence-electron chi connectivity index (χ3n) is 5.81. The van der Waals surface area contributed by atoms with Gasteiger partial charge in [-0.2, -0.15) is 9.98 Å². The Balaban J connectivity index is 1.68. The number of hydrogen-bond donors (Lipinski definition) is 6. The highest BCUT2D eigenvalue weighted by molar-refractivity contribution is 6.30. The molecule has 3 rings (SSSR count). The minimum Gasteiger partial charge on any atom is -0.369 e. The van der Waals surface area contributed by atoms with Gasteiger partial charge in [0, 0.05) is 49.3 Å². The van der Waals surface area contributed by atoms with Crippen LogP contribution < -0.4 is 34.4 Å². The average Bonchev–Trinajstić information content (AvgIpc) is 2.96. The normalized spacial score (nSPS) is 12.9. The molecule has 0 aromatic heterocycles. The molecule has 14 heteroatoms. The summed E-state index contributed by atoms with van der Waals surface area (Å²) in [5.41, 5.74) is 39.4. The van der Waals surface area contributed by atoms with Gasteiger partial charge < -0.3 is 44.2 Å². The maximum absolute atomic E-state index is 6.25. The topological polar surface area (TPSA) is 212 Å². The van der Waals surface area contributed by atoms with Crippen molar-refractivity contribution in [3.8, 4) is 0 Å². The Hall–Kier alpha value is -4.36. The van der Waals surface area contributed by atoms with E-state index in [0.717, 1.165) is 11.1 Å². The summed E-state index contributed by atoms with van der Waals surface area (Å²) in [7, 11) is 0. The minimum atomic E-state index is 0.0188. The van der Waals surface area contributed by atoms with Crippen LogP contribution in [0.1, 0.15) is 11.1 Å². The second kappa shape index (κ2) is 16.2. The molecule has 0 unspecified atom stereocenters. The van der Waals surface area contributed by atoms with Crippen LogP contribution in [0.3, 0.4) is 0 Å². The summed E-state index contributed by atoms with van der Waals surface area (Å²) >= 11 is 11.8. The Morgan fingerprint density at radius 3 is 1.19 bits per heavy atom. The molecule has 0 heterocycles. The molecule has 0 aliphatic heterocycles. The van der Waals surface area contributed by atoms with Crippen LogP contribution in [0, 0.1) is 0 Å². The number of hydrogen-bond acceptors (Lipinski definition) is 4. The molecule has 0 atom stereocenters. The molecule has 0 saturated carbocycles. The zero-order valence-corrected chi connectivity index (χ0v) is 24.6. The lowest BCUT2D eigenvalue weighted by Crippen LogP contribution is -2.41. The monoisotopic (exact) mass is 610 g/mol. The molecule has 0 aliphatic rings. The van der Waals surface area contributed by atoms with Crippen molar-refractivity contribution in [1.29, 1.82) is 0 Å². The lowest BCUT2D eigenvalue weighted by Gasteiger charge is -2.24. The summed E-state index contributed by atoms with van der Waals surface area (Å²) in [6.45, 7) is 2.63. The van der Waals surface area contributed by atoms with E-state index in [1.165, 1.54) is 0 Å². The van der Waals surface area contributed by atoms with Crippen LogP contribution in [0.2, 0.25) is 10.0 Å². The fraction of sp³-hybridized carbons (Fsp3) is 0.214. The van der Waals surface area contributed by atoms with Crippen LogP contribution in [0.25, 0.3) is 0 Å². The van der Waals surface area contributed by atoms with Crippen molar-refractivity contribution in [2.24, 2.45) is 54.4 Å². The van der Waals surface area contributed by atoms with Crippen molar-refractivity contribution < 1.29 is 0 Å². The zero-order chi connectivity index (χ0) is 30.5. The van der Waals surface area contributed by atoms with Crippen molar-refractivity contribution >= 4 is 58.4 Å². The SMILES string of the molecule is NCCN(Cc1ccc(CN(CCN)C(N)=NC(N)=Nc2ccc(Cl)cc2)cc1)C(N)=NC(N)=Nc1ccc(Cl)cc1. The molecular weight excluding hydrogens is 575 g/mol. The van der Waals surface area contributed by atoms with Crippen molar-refractivity contribution in [3.63, 3.8) is 0 Å². The number of rotatable bonds is 10. The van der Waals surface area contributed by atoms with E-state index in [0.29, 0.717) is 60.7 Å². The van der Waals surface area contributed by atoms with Crippen LogP contribution in [0.4, 0.5) is 11.4 Å². The molecule has 0 radical (unpaired) electrons. The largest absolute Gasteiger partial charge is 0.369 e. The number of guanidine groups is 4. The van der Waals surface area contributed by atoms with Gasteiger partial charge in [0.2, 0.25) is 11.9 Å². The molecule has 12 nitrogen and oxygen atoms in total. The van der Waals surface area contributed by atoms with Crippen LogP contribution in [0.5, 0.6) is 0 Å². The van der Waals surface area contributed by atoms with E-state index in [-0.39, 0.29) is 23.8 Å². The second-order valence-corrected chi connectivity index (χ2v) is 9.94. The quantitative estimate of drug-likeness (QED) is 0.148. The first-order valence-corrected chi connectivity index (χ1v) is 13.8. The predicted octanol–water partition coefficient (Wildman–Crippen LogP) is 2.44. The molecular formula is C28H36Cl2N12. The summed E-state index contributed by atoms with van der Waals surface area (Å²) in [5.74, 6) is 0.446. The van der Waals surface area contributed by atoms with E-state index in [4.69, 9.17) is 57.6 Å². The maximum atomic E-state index is 6.25. The molecule has 3 aromatic carbocycles. The first-order chi connectivity index (χ1) is 20.2. The van der Waals surface area contributed by atoms with Gasteiger partial charge in [-0.1, -0.05) is 47.5 Å². The molecule has 0 spiro atoms. The Labute approximate surface area is 255 Å². The molecule has 222 valence electrons. The lowest BCUT2D eigenvalue weighted by molar-refractivity contribution is 0.415. The van der Waals surface area contributed by atoms with Gasteiger partial charge in [0.15, 0.2) is 11.9 Å². The van der Waals surface area contributed by atoms with Crippen molar-refractivity contribution in [1.82, 2.24) is 9.80 Å². The van der Waals surface area contributed by atoms with Crippen molar-refractivity contribution in [2.45, 2.75) is 13.1 Å². The third kappa shape index (κ3) is 10.6. The average molecular weight is 612 g/mol. The van der Waals surface area contributed by atoms with Gasteiger partial charge in [0.05, 0.1) is 11.4 Å². The van der Waals surface area contributed by atoms with E-state index in [9.17, 15) is 0 Å². The van der Waals surface area contributed by atoms with Gasteiger partial charge in [0.1, 0.15) is 0 Å². The molecule has 0 bridgehead atoms. The van der Waals surface area contributed by atoms with E-state index >= 15 is 0 Å². The van der Waals surface area contributed by atoms with Crippen molar-refractivity contribution in [3.05, 3.63) is 94.0 Å². The van der Waals surface area contributed by atoms with Gasteiger partial charge in [-0.05, 0) is 59.7 Å². The number of benzene rings is 3. The van der Waals surface area contributed by atoms with Crippen LogP contribution in [0.15, 0.2) is 92.8 Å². The van der Waals surface area contributed by atoms with Gasteiger partial charge in [-0.3, -0.25) is 0 Å². The molecule has 0 aliphatic carbocycles. The van der Waals surface area contributed by atoms with Crippen molar-refractivity contribution in [2.75, 3.05) is 26.2 Å². The highest BCUT2D eigenvalue weighted by Crippen LogP contribution is 2.17. The van der Waals surface area contributed by atoms with Crippen LogP contribution in [-0.2, 0) is 13.1 Å². The number of nitrogens with zero attached hydrogens (tertiary/aromatic N) is 6. The summed E-state index contributed by atoms with van der Waals surface area (Å²) in [4.78, 5) is 20.7. The Bertz CT molecular complexity index is 1290. The van der Waals surface area contributed by atoms with E-state index in [1.807, 2.05) is 34.1 Å². The van der Waals surface area contributed by atoms with Crippen LogP contribution >= 0.6 is 23.2 Å². The van der Waals surface area contributed by atoms with E-state index < -0.39 is 0 Å². The molecule has 0 saturated heterocycles. The second-order valence-electron chi connectivity index (χ2n) is 9.07. The third-order valence-corrected chi connectivity index (χ3v) is 6.32. The van der Waals surface area contributed by atoms with Crippen LogP contribution in [-0.4, -0.2) is 59.8 Å². The van der Waals surface area contributed by atoms with E-state index in [2.05, 4.69) is 20.0 Å². The lowest BCUT2D eigenvalue weighted by atomic mass is 10.1.